The van der Waals surface area contributed by atoms with Gasteiger partial charge in [-0.1, -0.05) is 0 Å². The molecule has 1 rings (SSSR count). The van der Waals surface area contributed by atoms with Crippen molar-refractivity contribution in [2.24, 2.45) is 0 Å². The first-order chi connectivity index (χ1) is 3.93. The third kappa shape index (κ3) is 1.70. The number of hydrogen-bond acceptors (Lipinski definition) is 2. The molecule has 1 saturated heterocycles. The summed E-state index contributed by atoms with van der Waals surface area (Å²) in [4.78, 5) is 0. The second kappa shape index (κ2) is 3.39. The maximum Gasteiger partial charge on any atom is 0.0150 e. The first kappa shape index (κ1) is 6.47. The average molecular weight is 131 g/mol. The summed E-state index contributed by atoms with van der Waals surface area (Å²) in [5.74, 6) is 0. The molecule has 1 aliphatic rings. The quantitative estimate of drug-likeness (QED) is 0.517. The highest BCUT2D eigenvalue weighted by atomic mass is 31.1. The number of nitrogens with zero attached hydrogens (tertiary/aromatic N) is 1. The Labute approximate surface area is 52.5 Å². The van der Waals surface area contributed by atoms with Crippen LogP contribution >= 0.6 is 8.73 Å². The van der Waals surface area contributed by atoms with Crippen LogP contribution in [0, 0.1) is 0 Å². The minimum atomic E-state index is 1.17. The lowest BCUT2D eigenvalue weighted by Crippen LogP contribution is -2.38. The van der Waals surface area contributed by atoms with Crippen LogP contribution in [0.25, 0.3) is 0 Å². The maximum absolute atomic E-state index is 3.30. The Morgan fingerprint density at radius 1 is 1.38 bits per heavy atom. The highest BCUT2D eigenvalue weighted by molar-refractivity contribution is 7.34. The molecule has 0 amide bonds. The number of piperazine rings is 1. The van der Waals surface area contributed by atoms with Crippen LogP contribution in [0.15, 0.2) is 0 Å². The van der Waals surface area contributed by atoms with Crippen LogP contribution in [0.4, 0.5) is 0 Å². The predicted octanol–water partition coefficient (Wildman–Crippen LogP) is 0.383. The lowest BCUT2D eigenvalue weighted by Gasteiger charge is -2.24. The van der Waals surface area contributed by atoms with Crippen molar-refractivity contribution in [2.75, 3.05) is 32.8 Å². The zero-order chi connectivity index (χ0) is 5.82. The largest absolute Gasteiger partial charge is 0.314 e. The van der Waals surface area contributed by atoms with Crippen molar-refractivity contribution < 1.29 is 0 Å². The van der Waals surface area contributed by atoms with Crippen molar-refractivity contribution in [2.45, 2.75) is 0 Å². The van der Waals surface area contributed by atoms with E-state index < -0.39 is 0 Å². The van der Waals surface area contributed by atoms with Crippen molar-refractivity contribution in [1.82, 2.24) is 9.99 Å². The van der Waals surface area contributed by atoms with Crippen LogP contribution < -0.4 is 5.32 Å². The van der Waals surface area contributed by atoms with Crippen molar-refractivity contribution in [3.63, 3.8) is 0 Å². The summed E-state index contributed by atoms with van der Waals surface area (Å²) in [6.45, 7) is 6.96. The van der Waals surface area contributed by atoms with Crippen LogP contribution in [0.5, 0.6) is 0 Å². The maximum atomic E-state index is 3.30. The number of rotatable bonds is 1. The lowest BCUT2D eigenvalue weighted by atomic mass is 10.4. The summed E-state index contributed by atoms with van der Waals surface area (Å²) in [5.41, 5.74) is 0. The molecule has 1 fully saturated rings. The molecule has 0 spiro atoms. The van der Waals surface area contributed by atoms with Crippen LogP contribution in [-0.2, 0) is 0 Å². The van der Waals surface area contributed by atoms with Gasteiger partial charge in [0.05, 0.1) is 0 Å². The van der Waals surface area contributed by atoms with E-state index in [4.69, 9.17) is 0 Å². The lowest BCUT2D eigenvalue weighted by molar-refractivity contribution is 0.391. The molecular weight excluding hydrogens is 119 g/mol. The standard InChI is InChI=1S/C5H12N2P/c1-8-7-4-2-6-3-5-7/h6H,2-5H2,1H3. The molecule has 3 heteroatoms. The van der Waals surface area contributed by atoms with Crippen LogP contribution in [0.3, 0.4) is 0 Å². The third-order valence-corrected chi connectivity index (χ3v) is 2.34. The number of hydrogen-bond donors (Lipinski definition) is 1. The molecule has 2 nitrogen and oxygen atoms in total. The summed E-state index contributed by atoms with van der Waals surface area (Å²) in [7, 11) is 1.42. The fourth-order valence-electron chi connectivity index (χ4n) is 0.853. The van der Waals surface area contributed by atoms with Gasteiger partial charge in [-0.05, 0) is 6.66 Å². The fourth-order valence-corrected chi connectivity index (χ4v) is 1.45. The van der Waals surface area contributed by atoms with E-state index in [0.29, 0.717) is 0 Å². The topological polar surface area (TPSA) is 15.3 Å². The van der Waals surface area contributed by atoms with E-state index in [1.54, 1.807) is 0 Å². The Morgan fingerprint density at radius 2 is 2.00 bits per heavy atom. The zero-order valence-corrected chi connectivity index (χ0v) is 6.12. The molecule has 0 bridgehead atoms. The van der Waals surface area contributed by atoms with Crippen molar-refractivity contribution in [1.29, 1.82) is 0 Å². The molecule has 1 aliphatic heterocycles. The van der Waals surface area contributed by atoms with Crippen molar-refractivity contribution >= 4 is 8.73 Å². The van der Waals surface area contributed by atoms with Gasteiger partial charge in [0.1, 0.15) is 0 Å². The molecule has 0 saturated carbocycles. The first-order valence-electron chi connectivity index (χ1n) is 2.99. The van der Waals surface area contributed by atoms with E-state index in [9.17, 15) is 0 Å². The smallest absolute Gasteiger partial charge is 0.0150 e. The second-order valence-corrected chi connectivity index (χ2v) is 2.87. The second-order valence-electron chi connectivity index (χ2n) is 1.90. The number of nitrogens with one attached hydrogen (secondary N) is 1. The summed E-state index contributed by atoms with van der Waals surface area (Å²) >= 11 is 0. The average Bonchev–Trinajstić information content (AvgIpc) is 1.90. The van der Waals surface area contributed by atoms with Crippen LogP contribution in [-0.4, -0.2) is 37.5 Å². The van der Waals surface area contributed by atoms with Crippen molar-refractivity contribution in [3.8, 4) is 0 Å². The minimum Gasteiger partial charge on any atom is -0.314 e. The third-order valence-electron chi connectivity index (χ3n) is 1.38. The molecule has 8 heavy (non-hydrogen) atoms. The normalized spacial score (nSPS) is 25.1. The highest BCUT2D eigenvalue weighted by Gasteiger charge is 2.05. The minimum absolute atomic E-state index is 1.17. The summed E-state index contributed by atoms with van der Waals surface area (Å²) < 4.78 is 2.43. The Kier molecular flexibility index (Phi) is 2.74. The molecule has 0 aromatic heterocycles. The van der Waals surface area contributed by atoms with E-state index >= 15 is 0 Å². The van der Waals surface area contributed by atoms with Gasteiger partial charge in [-0.25, -0.2) is 0 Å². The molecule has 0 aromatic carbocycles. The molecule has 1 radical (unpaired) electrons. The van der Waals surface area contributed by atoms with E-state index in [1.165, 1.54) is 34.9 Å². The van der Waals surface area contributed by atoms with Gasteiger partial charge in [-0.15, -0.1) is 0 Å². The molecule has 1 N–H and O–H groups in total. The van der Waals surface area contributed by atoms with Gasteiger partial charge >= 0.3 is 0 Å². The zero-order valence-electron chi connectivity index (χ0n) is 5.22. The monoisotopic (exact) mass is 131 g/mol. The summed E-state index contributed by atoms with van der Waals surface area (Å²) in [6.07, 6.45) is 0. The fraction of sp³-hybridized carbons (Fsp3) is 1.00. The van der Waals surface area contributed by atoms with E-state index in [2.05, 4.69) is 16.7 Å². The molecule has 1 heterocycles. The molecule has 0 unspecified atom stereocenters. The Bertz CT molecular complexity index is 61.4. The first-order valence-corrected chi connectivity index (χ1v) is 4.28. The van der Waals surface area contributed by atoms with E-state index in [0.717, 1.165) is 0 Å². The van der Waals surface area contributed by atoms with Gasteiger partial charge in [0.15, 0.2) is 0 Å². The van der Waals surface area contributed by atoms with Gasteiger partial charge < -0.3 is 5.32 Å². The summed E-state index contributed by atoms with van der Waals surface area (Å²) in [5, 5.41) is 3.30. The van der Waals surface area contributed by atoms with Gasteiger partial charge in [0.25, 0.3) is 0 Å². The molecular formula is C5H12N2P. The molecule has 0 aliphatic carbocycles. The van der Waals surface area contributed by atoms with Crippen molar-refractivity contribution in [3.05, 3.63) is 0 Å². The SMILES string of the molecule is C[P]N1CCNCC1. The van der Waals surface area contributed by atoms with Gasteiger partial charge in [-0.2, -0.15) is 0 Å². The molecule has 47 valence electrons. The van der Waals surface area contributed by atoms with E-state index in [-0.39, 0.29) is 0 Å². The molecule has 0 aromatic rings. The summed E-state index contributed by atoms with van der Waals surface area (Å²) in [6, 6.07) is 0. The van der Waals surface area contributed by atoms with E-state index in [1.807, 2.05) is 0 Å². The Hall–Kier alpha value is 0.350. The Balaban J connectivity index is 2.13. The highest BCUT2D eigenvalue weighted by Crippen LogP contribution is 2.11. The Morgan fingerprint density at radius 3 is 2.38 bits per heavy atom. The van der Waals surface area contributed by atoms with Crippen LogP contribution in [0.2, 0.25) is 0 Å². The van der Waals surface area contributed by atoms with Gasteiger partial charge in [-0.3, -0.25) is 4.67 Å². The van der Waals surface area contributed by atoms with Gasteiger partial charge in [0, 0.05) is 34.9 Å². The predicted molar refractivity (Wildman–Crippen MR) is 37.3 cm³/mol. The van der Waals surface area contributed by atoms with Crippen LogP contribution in [0.1, 0.15) is 0 Å². The van der Waals surface area contributed by atoms with Gasteiger partial charge in [0.2, 0.25) is 0 Å². The molecule has 0 atom stereocenters.